The summed E-state index contributed by atoms with van der Waals surface area (Å²) in [6.45, 7) is 13.6. The zero-order valence-electron chi connectivity index (χ0n) is 39.1. The second-order valence-electron chi connectivity index (χ2n) is 18.9. The predicted octanol–water partition coefficient (Wildman–Crippen LogP) is 16.0. The standard InChI is InChI=1S/C51H98O6/c1-45(2)37-31-25-19-14-12-10-8-7-9-11-13-15-22-28-34-40-49(52)55-43-48(57-51(54)42-36-30-24-18-21-27-33-39-47(5)6)44-56-50(53)41-35-29-23-17-16-20-26-32-38-46(3)4/h45-48H,7-44H2,1-6H3/t48-/m0/s1. The summed E-state index contributed by atoms with van der Waals surface area (Å²) >= 11 is 0. The normalized spacial score (nSPS) is 12.2. The Morgan fingerprint density at radius 2 is 0.509 bits per heavy atom. The van der Waals surface area contributed by atoms with Gasteiger partial charge >= 0.3 is 17.9 Å². The van der Waals surface area contributed by atoms with Crippen LogP contribution in [0.3, 0.4) is 0 Å². The van der Waals surface area contributed by atoms with Crippen molar-refractivity contribution >= 4 is 17.9 Å². The zero-order valence-corrected chi connectivity index (χ0v) is 39.1. The minimum absolute atomic E-state index is 0.0658. The monoisotopic (exact) mass is 807 g/mol. The van der Waals surface area contributed by atoms with Crippen LogP contribution >= 0.6 is 0 Å². The molecule has 0 aromatic heterocycles. The van der Waals surface area contributed by atoms with Gasteiger partial charge in [-0.3, -0.25) is 14.4 Å². The highest BCUT2D eigenvalue weighted by Gasteiger charge is 2.19. The average molecular weight is 807 g/mol. The van der Waals surface area contributed by atoms with Crippen molar-refractivity contribution in [3.05, 3.63) is 0 Å². The van der Waals surface area contributed by atoms with Crippen LogP contribution in [-0.4, -0.2) is 37.2 Å². The summed E-state index contributed by atoms with van der Waals surface area (Å²) < 4.78 is 16.8. The van der Waals surface area contributed by atoms with Crippen molar-refractivity contribution in [2.75, 3.05) is 13.2 Å². The van der Waals surface area contributed by atoms with Gasteiger partial charge in [0.25, 0.3) is 0 Å². The van der Waals surface area contributed by atoms with Crippen molar-refractivity contribution in [1.82, 2.24) is 0 Å². The third-order valence-corrected chi connectivity index (χ3v) is 11.4. The van der Waals surface area contributed by atoms with Gasteiger partial charge in [0.15, 0.2) is 6.10 Å². The minimum Gasteiger partial charge on any atom is -0.462 e. The van der Waals surface area contributed by atoms with E-state index in [0.717, 1.165) is 75.5 Å². The molecule has 338 valence electrons. The molecule has 0 aliphatic rings. The molecule has 0 heterocycles. The fraction of sp³-hybridized carbons (Fsp3) is 0.941. The first-order valence-electron chi connectivity index (χ1n) is 25.1. The van der Waals surface area contributed by atoms with Crippen LogP contribution < -0.4 is 0 Å². The summed E-state index contributed by atoms with van der Waals surface area (Å²) in [6.07, 6.45) is 41.1. The summed E-state index contributed by atoms with van der Waals surface area (Å²) in [4.78, 5) is 37.8. The van der Waals surface area contributed by atoms with E-state index in [9.17, 15) is 14.4 Å². The van der Waals surface area contributed by atoms with Crippen LogP contribution in [0, 0.1) is 17.8 Å². The quantitative estimate of drug-likeness (QED) is 0.0347. The number of rotatable bonds is 44. The molecule has 1 atom stereocenters. The van der Waals surface area contributed by atoms with E-state index in [1.807, 2.05) is 0 Å². The number of carbonyl (C=O) groups is 3. The summed E-state index contributed by atoms with van der Waals surface area (Å²) in [5.74, 6) is 1.56. The fourth-order valence-electron chi connectivity index (χ4n) is 7.59. The predicted molar refractivity (Wildman–Crippen MR) is 243 cm³/mol. The lowest BCUT2D eigenvalue weighted by molar-refractivity contribution is -0.167. The van der Waals surface area contributed by atoms with E-state index in [2.05, 4.69) is 41.5 Å². The first-order chi connectivity index (χ1) is 27.6. The van der Waals surface area contributed by atoms with E-state index in [0.29, 0.717) is 19.3 Å². The van der Waals surface area contributed by atoms with Crippen LogP contribution in [-0.2, 0) is 28.6 Å². The molecule has 0 spiro atoms. The maximum atomic E-state index is 12.7. The minimum atomic E-state index is -0.762. The third kappa shape index (κ3) is 45.3. The van der Waals surface area contributed by atoms with Gasteiger partial charge in [-0.1, -0.05) is 234 Å². The lowest BCUT2D eigenvalue weighted by atomic mass is 10.0. The van der Waals surface area contributed by atoms with Crippen molar-refractivity contribution in [2.24, 2.45) is 17.8 Å². The molecule has 0 radical (unpaired) electrons. The van der Waals surface area contributed by atoms with Gasteiger partial charge in [-0.2, -0.15) is 0 Å². The van der Waals surface area contributed by atoms with Crippen molar-refractivity contribution in [3.63, 3.8) is 0 Å². The van der Waals surface area contributed by atoms with Crippen LogP contribution in [0.1, 0.15) is 273 Å². The molecule has 0 aromatic carbocycles. The van der Waals surface area contributed by atoms with E-state index in [1.165, 1.54) is 154 Å². The lowest BCUT2D eigenvalue weighted by Gasteiger charge is -2.18. The van der Waals surface area contributed by atoms with E-state index in [1.54, 1.807) is 0 Å². The van der Waals surface area contributed by atoms with Gasteiger partial charge < -0.3 is 14.2 Å². The second-order valence-corrected chi connectivity index (χ2v) is 18.9. The molecular weight excluding hydrogens is 709 g/mol. The highest BCUT2D eigenvalue weighted by Crippen LogP contribution is 2.17. The highest BCUT2D eigenvalue weighted by molar-refractivity contribution is 5.71. The first-order valence-corrected chi connectivity index (χ1v) is 25.1. The molecular formula is C51H98O6. The van der Waals surface area contributed by atoms with Crippen LogP contribution in [0.15, 0.2) is 0 Å². The average Bonchev–Trinajstić information content (AvgIpc) is 3.16. The number of unbranched alkanes of at least 4 members (excludes halogenated alkanes) is 27. The molecule has 0 rings (SSSR count). The Bertz CT molecular complexity index is 883. The van der Waals surface area contributed by atoms with Gasteiger partial charge in [-0.05, 0) is 37.0 Å². The molecule has 6 heteroatoms. The molecule has 0 amide bonds. The maximum Gasteiger partial charge on any atom is 0.306 e. The van der Waals surface area contributed by atoms with Crippen molar-refractivity contribution in [3.8, 4) is 0 Å². The molecule has 0 N–H and O–H groups in total. The largest absolute Gasteiger partial charge is 0.462 e. The maximum absolute atomic E-state index is 12.7. The Hall–Kier alpha value is -1.59. The van der Waals surface area contributed by atoms with E-state index >= 15 is 0 Å². The molecule has 6 nitrogen and oxygen atoms in total. The van der Waals surface area contributed by atoms with Gasteiger partial charge in [0.1, 0.15) is 13.2 Å². The molecule has 0 saturated carbocycles. The number of hydrogen-bond donors (Lipinski definition) is 0. The van der Waals surface area contributed by atoms with E-state index in [-0.39, 0.29) is 31.1 Å². The van der Waals surface area contributed by atoms with Crippen molar-refractivity contribution < 1.29 is 28.6 Å². The van der Waals surface area contributed by atoms with Crippen LogP contribution in [0.25, 0.3) is 0 Å². The Kier molecular flexibility index (Phi) is 41.3. The molecule has 57 heavy (non-hydrogen) atoms. The molecule has 0 aliphatic carbocycles. The topological polar surface area (TPSA) is 78.9 Å². The summed E-state index contributed by atoms with van der Waals surface area (Å²) in [7, 11) is 0. The van der Waals surface area contributed by atoms with Gasteiger partial charge in [-0.25, -0.2) is 0 Å². The smallest absolute Gasteiger partial charge is 0.306 e. The summed E-state index contributed by atoms with van der Waals surface area (Å²) in [6, 6.07) is 0. The molecule has 0 aliphatic heterocycles. The lowest BCUT2D eigenvalue weighted by Crippen LogP contribution is -2.30. The first kappa shape index (κ1) is 55.4. The Morgan fingerprint density at radius 1 is 0.298 bits per heavy atom. The SMILES string of the molecule is CC(C)CCCCCCCCCCCCCCCCCC(=O)OC[C@@H](COC(=O)CCCCCCCCCCC(C)C)OC(=O)CCCCCCCCCC(C)C. The zero-order chi connectivity index (χ0) is 42.0. The number of esters is 3. The summed E-state index contributed by atoms with van der Waals surface area (Å²) in [5, 5.41) is 0. The van der Waals surface area contributed by atoms with Crippen LogP contribution in [0.2, 0.25) is 0 Å². The Labute approximate surface area is 355 Å². The van der Waals surface area contributed by atoms with Gasteiger partial charge in [0, 0.05) is 19.3 Å². The Morgan fingerprint density at radius 3 is 0.754 bits per heavy atom. The van der Waals surface area contributed by atoms with Crippen LogP contribution in [0.4, 0.5) is 0 Å². The third-order valence-electron chi connectivity index (χ3n) is 11.4. The van der Waals surface area contributed by atoms with Crippen LogP contribution in [0.5, 0.6) is 0 Å². The molecule has 0 saturated heterocycles. The van der Waals surface area contributed by atoms with Crippen molar-refractivity contribution in [1.29, 1.82) is 0 Å². The summed E-state index contributed by atoms with van der Waals surface area (Å²) in [5.41, 5.74) is 0. The van der Waals surface area contributed by atoms with E-state index in [4.69, 9.17) is 14.2 Å². The van der Waals surface area contributed by atoms with E-state index < -0.39 is 6.10 Å². The Balaban J connectivity index is 4.24. The number of ether oxygens (including phenoxy) is 3. The van der Waals surface area contributed by atoms with Gasteiger partial charge in [-0.15, -0.1) is 0 Å². The number of carbonyl (C=O) groups excluding carboxylic acids is 3. The molecule has 0 fully saturated rings. The molecule has 0 aromatic rings. The van der Waals surface area contributed by atoms with Crippen molar-refractivity contribution in [2.45, 2.75) is 279 Å². The second kappa shape index (κ2) is 42.5. The van der Waals surface area contributed by atoms with Gasteiger partial charge in [0.2, 0.25) is 0 Å². The molecule has 0 unspecified atom stereocenters. The van der Waals surface area contributed by atoms with Gasteiger partial charge in [0.05, 0.1) is 0 Å². The number of hydrogen-bond acceptors (Lipinski definition) is 6. The molecule has 0 bridgehead atoms. The highest BCUT2D eigenvalue weighted by atomic mass is 16.6. The fourth-order valence-corrected chi connectivity index (χ4v) is 7.59.